The van der Waals surface area contributed by atoms with Gasteiger partial charge in [0.15, 0.2) is 0 Å². The smallest absolute Gasteiger partial charge is 0.0431 e. The van der Waals surface area contributed by atoms with Crippen molar-refractivity contribution in [1.29, 1.82) is 0 Å². The van der Waals surface area contributed by atoms with Crippen molar-refractivity contribution in [2.75, 3.05) is 6.61 Å². The fourth-order valence-electron chi connectivity index (χ4n) is 1.67. The van der Waals surface area contributed by atoms with E-state index in [4.69, 9.17) is 10.6 Å². The van der Waals surface area contributed by atoms with Gasteiger partial charge in [-0.2, -0.15) is 0 Å². The highest BCUT2D eigenvalue weighted by atomic mass is 16.2. The molecule has 0 saturated carbocycles. The van der Waals surface area contributed by atoms with Crippen molar-refractivity contribution in [1.82, 2.24) is 0 Å². The van der Waals surface area contributed by atoms with E-state index in [1.54, 1.807) is 0 Å². The second kappa shape index (κ2) is 7.65. The fourth-order valence-corrected chi connectivity index (χ4v) is 1.67. The first-order valence-electron chi connectivity index (χ1n) is 5.32. The molecule has 0 amide bonds. The van der Waals surface area contributed by atoms with Crippen LogP contribution in [0.3, 0.4) is 0 Å². The SMILES string of the molecule is CC[C@H](C)C(N=[N+]=[N-])[C@@H](C)CCCO. The molecule has 0 fully saturated rings. The summed E-state index contributed by atoms with van der Waals surface area (Å²) < 4.78 is 0. The maximum atomic E-state index is 8.72. The molecule has 0 aliphatic carbocycles. The van der Waals surface area contributed by atoms with Crippen molar-refractivity contribution in [3.63, 3.8) is 0 Å². The minimum Gasteiger partial charge on any atom is -0.396 e. The van der Waals surface area contributed by atoms with Gasteiger partial charge >= 0.3 is 0 Å². The third-order valence-electron chi connectivity index (χ3n) is 2.81. The Morgan fingerprint density at radius 1 is 1.36 bits per heavy atom. The molecule has 0 aromatic rings. The van der Waals surface area contributed by atoms with Gasteiger partial charge in [0.05, 0.1) is 0 Å². The highest BCUT2D eigenvalue weighted by molar-refractivity contribution is 4.78. The second-order valence-electron chi connectivity index (χ2n) is 3.92. The zero-order valence-corrected chi connectivity index (χ0v) is 9.35. The number of nitrogens with zero attached hydrogens (tertiary/aromatic N) is 3. The van der Waals surface area contributed by atoms with Crippen LogP contribution < -0.4 is 0 Å². The van der Waals surface area contributed by atoms with Crippen molar-refractivity contribution < 1.29 is 5.11 Å². The van der Waals surface area contributed by atoms with Gasteiger partial charge in [-0.05, 0) is 30.2 Å². The first-order valence-corrected chi connectivity index (χ1v) is 5.32. The van der Waals surface area contributed by atoms with E-state index < -0.39 is 0 Å². The maximum absolute atomic E-state index is 8.72. The van der Waals surface area contributed by atoms with Crippen LogP contribution in [0.25, 0.3) is 10.4 Å². The first kappa shape index (κ1) is 13.3. The van der Waals surface area contributed by atoms with Gasteiger partial charge in [-0.3, -0.25) is 0 Å². The molecule has 0 radical (unpaired) electrons. The molecular formula is C10H21N3O. The lowest BCUT2D eigenvalue weighted by Crippen LogP contribution is -2.23. The topological polar surface area (TPSA) is 69.0 Å². The molecule has 0 bridgehead atoms. The standard InChI is InChI=1S/C10H21N3O/c1-4-8(2)10(12-13-11)9(3)6-5-7-14/h8-10,14H,4-7H2,1-3H3/t8-,9-,10?/m0/s1. The Kier molecular flexibility index (Phi) is 7.25. The van der Waals surface area contributed by atoms with Gasteiger partial charge in [-0.15, -0.1) is 0 Å². The highest BCUT2D eigenvalue weighted by Crippen LogP contribution is 2.23. The van der Waals surface area contributed by atoms with Crippen LogP contribution >= 0.6 is 0 Å². The monoisotopic (exact) mass is 199 g/mol. The molecule has 0 spiro atoms. The third-order valence-corrected chi connectivity index (χ3v) is 2.81. The van der Waals surface area contributed by atoms with Gasteiger partial charge in [-0.25, -0.2) is 0 Å². The quantitative estimate of drug-likeness (QED) is 0.382. The summed E-state index contributed by atoms with van der Waals surface area (Å²) in [5.74, 6) is 0.771. The summed E-state index contributed by atoms with van der Waals surface area (Å²) in [7, 11) is 0. The number of azide groups is 1. The Balaban J connectivity index is 4.24. The molecule has 0 saturated heterocycles. The molecule has 0 aromatic carbocycles. The van der Waals surface area contributed by atoms with Crippen LogP contribution in [-0.2, 0) is 0 Å². The highest BCUT2D eigenvalue weighted by Gasteiger charge is 2.20. The molecule has 0 heterocycles. The van der Waals surface area contributed by atoms with E-state index in [1.807, 2.05) is 0 Å². The van der Waals surface area contributed by atoms with E-state index in [2.05, 4.69) is 30.8 Å². The Bertz CT molecular complexity index is 190. The Hall–Kier alpha value is -0.730. The number of hydrogen-bond acceptors (Lipinski definition) is 2. The van der Waals surface area contributed by atoms with E-state index in [9.17, 15) is 0 Å². The van der Waals surface area contributed by atoms with Crippen molar-refractivity contribution in [3.8, 4) is 0 Å². The van der Waals surface area contributed by atoms with Crippen LogP contribution in [-0.4, -0.2) is 17.8 Å². The molecule has 0 aliphatic heterocycles. The van der Waals surface area contributed by atoms with E-state index >= 15 is 0 Å². The van der Waals surface area contributed by atoms with E-state index in [0.717, 1.165) is 19.3 Å². The van der Waals surface area contributed by atoms with Crippen LogP contribution in [0.15, 0.2) is 5.11 Å². The lowest BCUT2D eigenvalue weighted by molar-refractivity contribution is 0.253. The number of rotatable bonds is 7. The van der Waals surface area contributed by atoms with Crippen LogP contribution in [0.2, 0.25) is 0 Å². The summed E-state index contributed by atoms with van der Waals surface area (Å²) in [6.07, 6.45) is 2.73. The molecule has 82 valence electrons. The minimum atomic E-state index is 0.0662. The second-order valence-corrected chi connectivity index (χ2v) is 3.92. The molecule has 3 atom stereocenters. The number of aliphatic hydroxyl groups is 1. The van der Waals surface area contributed by atoms with E-state index in [0.29, 0.717) is 11.8 Å². The first-order chi connectivity index (χ1) is 6.67. The summed E-state index contributed by atoms with van der Waals surface area (Å²) in [6, 6.07) is 0.0662. The molecule has 1 unspecified atom stereocenters. The molecule has 4 heteroatoms. The van der Waals surface area contributed by atoms with Gasteiger partial charge in [0.25, 0.3) is 0 Å². The molecule has 0 rings (SSSR count). The molecule has 0 aliphatic rings. The maximum Gasteiger partial charge on any atom is 0.0431 e. The van der Waals surface area contributed by atoms with Crippen molar-refractivity contribution in [3.05, 3.63) is 10.4 Å². The predicted octanol–water partition coefficient (Wildman–Crippen LogP) is 3.12. The third kappa shape index (κ3) is 4.49. The van der Waals surface area contributed by atoms with Gasteiger partial charge in [0.2, 0.25) is 0 Å². The van der Waals surface area contributed by atoms with Crippen LogP contribution in [0.5, 0.6) is 0 Å². The largest absolute Gasteiger partial charge is 0.396 e. The van der Waals surface area contributed by atoms with Crippen LogP contribution in [0, 0.1) is 11.8 Å². The summed E-state index contributed by atoms with van der Waals surface area (Å²) in [5.41, 5.74) is 8.46. The van der Waals surface area contributed by atoms with E-state index in [1.165, 1.54) is 0 Å². The number of aliphatic hydroxyl groups excluding tert-OH is 1. The molecule has 14 heavy (non-hydrogen) atoms. The van der Waals surface area contributed by atoms with Crippen molar-refractivity contribution in [2.45, 2.75) is 46.1 Å². The van der Waals surface area contributed by atoms with Gasteiger partial charge < -0.3 is 5.11 Å². The zero-order chi connectivity index (χ0) is 11.0. The molecule has 0 aromatic heterocycles. The Labute approximate surface area is 86.0 Å². The molecular weight excluding hydrogens is 178 g/mol. The Morgan fingerprint density at radius 2 is 2.00 bits per heavy atom. The molecule has 1 N–H and O–H groups in total. The van der Waals surface area contributed by atoms with Crippen molar-refractivity contribution >= 4 is 0 Å². The van der Waals surface area contributed by atoms with Crippen molar-refractivity contribution in [2.24, 2.45) is 17.0 Å². The summed E-state index contributed by atoms with van der Waals surface area (Å²) in [4.78, 5) is 2.90. The van der Waals surface area contributed by atoms with Gasteiger partial charge in [0, 0.05) is 17.6 Å². The normalized spacial score (nSPS) is 16.9. The average Bonchev–Trinajstić information content (AvgIpc) is 2.21. The minimum absolute atomic E-state index is 0.0662. The van der Waals surface area contributed by atoms with Crippen LogP contribution in [0.4, 0.5) is 0 Å². The summed E-state index contributed by atoms with van der Waals surface area (Å²) in [5, 5.41) is 12.6. The zero-order valence-electron chi connectivity index (χ0n) is 9.35. The van der Waals surface area contributed by atoms with Gasteiger partial charge in [-0.1, -0.05) is 32.3 Å². The number of hydrogen-bond donors (Lipinski definition) is 1. The fraction of sp³-hybridized carbons (Fsp3) is 1.00. The lowest BCUT2D eigenvalue weighted by atomic mass is 9.87. The average molecular weight is 199 g/mol. The Morgan fingerprint density at radius 3 is 2.43 bits per heavy atom. The predicted molar refractivity (Wildman–Crippen MR) is 57.9 cm³/mol. The van der Waals surface area contributed by atoms with Gasteiger partial charge in [0.1, 0.15) is 0 Å². The van der Waals surface area contributed by atoms with Crippen LogP contribution in [0.1, 0.15) is 40.0 Å². The summed E-state index contributed by atoms with van der Waals surface area (Å²) in [6.45, 7) is 6.51. The molecule has 4 nitrogen and oxygen atoms in total. The lowest BCUT2D eigenvalue weighted by Gasteiger charge is -2.24. The van der Waals surface area contributed by atoms with E-state index in [-0.39, 0.29) is 12.6 Å². The summed E-state index contributed by atoms with van der Waals surface area (Å²) >= 11 is 0.